The lowest BCUT2D eigenvalue weighted by Gasteiger charge is -2.11. The molecule has 5 nitrogen and oxygen atoms in total. The van der Waals surface area contributed by atoms with Crippen LogP contribution in [0.4, 0.5) is 5.69 Å². The number of hydrogen-bond donors (Lipinski definition) is 1. The third-order valence-corrected chi connectivity index (χ3v) is 4.46. The van der Waals surface area contributed by atoms with Gasteiger partial charge in [0.1, 0.15) is 0 Å². The van der Waals surface area contributed by atoms with E-state index in [4.69, 9.17) is 4.74 Å². The molecule has 0 aliphatic rings. The van der Waals surface area contributed by atoms with E-state index in [1.54, 1.807) is 54.6 Å². The summed E-state index contributed by atoms with van der Waals surface area (Å²) in [5, 5.41) is 2.72. The minimum Gasteiger partial charge on any atom is -0.454 e. The first-order valence-corrected chi connectivity index (χ1v) is 9.18. The lowest BCUT2D eigenvalue weighted by Crippen LogP contribution is -2.18. The van der Waals surface area contributed by atoms with Crippen LogP contribution < -0.4 is 5.32 Å². The summed E-state index contributed by atoms with van der Waals surface area (Å²) in [5.74, 6) is -1.28. The van der Waals surface area contributed by atoms with Gasteiger partial charge in [0.25, 0.3) is 5.91 Å². The van der Waals surface area contributed by atoms with E-state index < -0.39 is 5.97 Å². The zero-order valence-corrected chi connectivity index (χ0v) is 16.3. The van der Waals surface area contributed by atoms with Crippen molar-refractivity contribution < 1.29 is 19.1 Å². The summed E-state index contributed by atoms with van der Waals surface area (Å²) < 4.78 is 5.23. The summed E-state index contributed by atoms with van der Waals surface area (Å²) in [4.78, 5) is 37.4. The molecule has 0 aliphatic heterocycles. The molecular formula is C24H21NO4. The van der Waals surface area contributed by atoms with Gasteiger partial charge in [0.2, 0.25) is 5.78 Å². The van der Waals surface area contributed by atoms with Gasteiger partial charge in [0.05, 0.1) is 11.3 Å². The smallest absolute Gasteiger partial charge is 0.340 e. The number of benzene rings is 3. The molecule has 5 heteroatoms. The number of para-hydroxylation sites is 1. The first kappa shape index (κ1) is 20.0. The minimum atomic E-state index is -0.674. The van der Waals surface area contributed by atoms with Gasteiger partial charge in [0, 0.05) is 11.1 Å². The van der Waals surface area contributed by atoms with Crippen molar-refractivity contribution in [3.05, 3.63) is 101 Å². The maximum atomic E-state index is 12.5. The molecule has 3 aromatic rings. The predicted octanol–water partition coefficient (Wildman–Crippen LogP) is 4.60. The maximum Gasteiger partial charge on any atom is 0.340 e. The lowest BCUT2D eigenvalue weighted by atomic mass is 10.0. The fourth-order valence-corrected chi connectivity index (χ4v) is 2.88. The second-order valence-electron chi connectivity index (χ2n) is 6.68. The van der Waals surface area contributed by atoms with E-state index in [0.29, 0.717) is 16.8 Å². The van der Waals surface area contributed by atoms with Crippen LogP contribution in [0.25, 0.3) is 0 Å². The van der Waals surface area contributed by atoms with Crippen LogP contribution in [-0.4, -0.2) is 24.3 Å². The molecule has 0 heterocycles. The van der Waals surface area contributed by atoms with E-state index in [0.717, 1.165) is 11.1 Å². The Bertz CT molecular complexity index is 1060. The first-order valence-electron chi connectivity index (χ1n) is 9.18. The van der Waals surface area contributed by atoms with E-state index in [2.05, 4.69) is 5.32 Å². The third kappa shape index (κ3) is 4.96. The minimum absolute atomic E-state index is 0.186. The highest BCUT2D eigenvalue weighted by molar-refractivity contribution is 6.08. The van der Waals surface area contributed by atoms with E-state index in [1.165, 1.54) is 0 Å². The third-order valence-electron chi connectivity index (χ3n) is 4.46. The van der Waals surface area contributed by atoms with Crippen molar-refractivity contribution in [1.29, 1.82) is 0 Å². The summed E-state index contributed by atoms with van der Waals surface area (Å²) in [5.41, 5.74) is 3.30. The van der Waals surface area contributed by atoms with Crippen molar-refractivity contribution in [3.8, 4) is 0 Å². The van der Waals surface area contributed by atoms with E-state index in [-0.39, 0.29) is 23.9 Å². The zero-order chi connectivity index (χ0) is 20.8. The van der Waals surface area contributed by atoms with Crippen molar-refractivity contribution in [1.82, 2.24) is 0 Å². The number of hydrogen-bond acceptors (Lipinski definition) is 4. The Labute approximate surface area is 169 Å². The van der Waals surface area contributed by atoms with Gasteiger partial charge in [-0.1, -0.05) is 48.0 Å². The largest absolute Gasteiger partial charge is 0.454 e. The molecular weight excluding hydrogens is 366 g/mol. The van der Waals surface area contributed by atoms with Gasteiger partial charge < -0.3 is 10.1 Å². The van der Waals surface area contributed by atoms with Crippen LogP contribution in [0, 0.1) is 13.8 Å². The van der Waals surface area contributed by atoms with Crippen LogP contribution >= 0.6 is 0 Å². The Morgan fingerprint density at radius 1 is 0.828 bits per heavy atom. The molecule has 0 aliphatic carbocycles. The average molecular weight is 387 g/mol. The highest BCUT2D eigenvalue weighted by atomic mass is 16.5. The van der Waals surface area contributed by atoms with Gasteiger partial charge in [-0.3, -0.25) is 9.59 Å². The molecule has 146 valence electrons. The normalized spacial score (nSPS) is 10.3. The molecule has 0 radical (unpaired) electrons. The lowest BCUT2D eigenvalue weighted by molar-refractivity contribution is 0.0475. The van der Waals surface area contributed by atoms with Crippen molar-refractivity contribution in [2.45, 2.75) is 13.8 Å². The molecule has 0 spiro atoms. The predicted molar refractivity (Wildman–Crippen MR) is 111 cm³/mol. The summed E-state index contributed by atoms with van der Waals surface area (Å²) in [6.07, 6.45) is 0. The van der Waals surface area contributed by atoms with Gasteiger partial charge in [-0.2, -0.15) is 0 Å². The van der Waals surface area contributed by atoms with Crippen LogP contribution in [0.2, 0.25) is 0 Å². The van der Waals surface area contributed by atoms with Gasteiger partial charge >= 0.3 is 5.97 Å². The Morgan fingerprint density at radius 3 is 2.28 bits per heavy atom. The van der Waals surface area contributed by atoms with Gasteiger partial charge in [0.15, 0.2) is 6.61 Å². The number of rotatable bonds is 6. The van der Waals surface area contributed by atoms with E-state index >= 15 is 0 Å². The van der Waals surface area contributed by atoms with Crippen LogP contribution in [0.15, 0.2) is 72.8 Å². The standard InChI is InChI=1S/C24H21NO4/c1-16-12-13-17(2)20(14-16)22(26)15-29-24(28)19-10-6-7-11-21(19)25-23(27)18-8-4-3-5-9-18/h3-14H,15H2,1-2H3,(H,25,27). The molecule has 0 saturated carbocycles. The van der Waals surface area contributed by atoms with Crippen molar-refractivity contribution in [3.63, 3.8) is 0 Å². The fraction of sp³-hybridized carbons (Fsp3) is 0.125. The first-order chi connectivity index (χ1) is 14.0. The average Bonchev–Trinajstić information content (AvgIpc) is 2.74. The molecule has 0 atom stereocenters. The quantitative estimate of drug-likeness (QED) is 0.496. The van der Waals surface area contributed by atoms with Crippen LogP contribution in [-0.2, 0) is 4.74 Å². The number of anilines is 1. The molecule has 29 heavy (non-hydrogen) atoms. The van der Waals surface area contributed by atoms with Gasteiger partial charge in [-0.25, -0.2) is 4.79 Å². The monoisotopic (exact) mass is 387 g/mol. The molecule has 0 aromatic heterocycles. The van der Waals surface area contributed by atoms with Gasteiger partial charge in [-0.15, -0.1) is 0 Å². The number of carbonyl (C=O) groups is 3. The number of aryl methyl sites for hydroxylation is 2. The molecule has 0 fully saturated rings. The Kier molecular flexibility index (Phi) is 6.19. The molecule has 0 unspecified atom stereocenters. The fourth-order valence-electron chi connectivity index (χ4n) is 2.88. The highest BCUT2D eigenvalue weighted by Crippen LogP contribution is 2.18. The number of esters is 1. The van der Waals surface area contributed by atoms with Gasteiger partial charge in [-0.05, 0) is 49.7 Å². The molecule has 3 aromatic carbocycles. The molecule has 0 saturated heterocycles. The molecule has 0 bridgehead atoms. The van der Waals surface area contributed by atoms with E-state index in [1.807, 2.05) is 32.0 Å². The molecule has 3 rings (SSSR count). The maximum absolute atomic E-state index is 12.5. The topological polar surface area (TPSA) is 72.5 Å². The second kappa shape index (κ2) is 8.97. The summed E-state index contributed by atoms with van der Waals surface area (Å²) in [6.45, 7) is 3.36. The summed E-state index contributed by atoms with van der Waals surface area (Å²) in [7, 11) is 0. The Hall–Kier alpha value is -3.73. The Morgan fingerprint density at radius 2 is 1.52 bits per heavy atom. The highest BCUT2D eigenvalue weighted by Gasteiger charge is 2.17. The number of amides is 1. The number of ether oxygens (including phenoxy) is 1. The molecule has 1 N–H and O–H groups in total. The van der Waals surface area contributed by atoms with Crippen molar-refractivity contribution >= 4 is 23.3 Å². The summed E-state index contributed by atoms with van der Waals surface area (Å²) in [6, 6.07) is 20.8. The van der Waals surface area contributed by atoms with Crippen LogP contribution in [0.3, 0.4) is 0 Å². The number of Topliss-reactive ketones (excluding diaryl/α,β-unsaturated/α-hetero) is 1. The van der Waals surface area contributed by atoms with Crippen molar-refractivity contribution in [2.24, 2.45) is 0 Å². The number of ketones is 1. The van der Waals surface area contributed by atoms with E-state index in [9.17, 15) is 14.4 Å². The van der Waals surface area contributed by atoms with Crippen molar-refractivity contribution in [2.75, 3.05) is 11.9 Å². The zero-order valence-electron chi connectivity index (χ0n) is 16.3. The summed E-state index contributed by atoms with van der Waals surface area (Å²) >= 11 is 0. The SMILES string of the molecule is Cc1ccc(C)c(C(=O)COC(=O)c2ccccc2NC(=O)c2ccccc2)c1. The molecule has 1 amide bonds. The second-order valence-corrected chi connectivity index (χ2v) is 6.68. The van der Waals surface area contributed by atoms with Crippen LogP contribution in [0.5, 0.6) is 0 Å². The number of nitrogens with one attached hydrogen (secondary N) is 1. The number of carbonyl (C=O) groups excluding carboxylic acids is 3. The Balaban J connectivity index is 1.71. The van der Waals surface area contributed by atoms with Crippen LogP contribution in [0.1, 0.15) is 42.2 Å².